The van der Waals surface area contributed by atoms with E-state index in [1.165, 1.54) is 0 Å². The zero-order valence-corrected chi connectivity index (χ0v) is 11.9. The van der Waals surface area contributed by atoms with Gasteiger partial charge in [-0.2, -0.15) is 0 Å². The van der Waals surface area contributed by atoms with Crippen molar-refractivity contribution in [3.8, 4) is 0 Å². The van der Waals surface area contributed by atoms with Gasteiger partial charge in [0.1, 0.15) is 0 Å². The second kappa shape index (κ2) is 6.08. The van der Waals surface area contributed by atoms with E-state index in [-0.39, 0.29) is 0 Å². The van der Waals surface area contributed by atoms with Crippen LogP contribution in [-0.4, -0.2) is 14.3 Å². The van der Waals surface area contributed by atoms with Crippen LogP contribution in [0.25, 0.3) is 0 Å². The van der Waals surface area contributed by atoms with Crippen LogP contribution in [0.2, 0.25) is 0 Å². The normalized spacial score (nSPS) is 14.1. The molecule has 0 saturated heterocycles. The standard InChI is InChI=1S/C15H17NO2S/c1-3-14(17)13-8-9-16-10-15(13)19(18)12-6-4-11(2)5-7-12/h4-10,14,17H,3H2,1-2H3/t14-,19?/m0/s1. The molecule has 0 fully saturated rings. The summed E-state index contributed by atoms with van der Waals surface area (Å²) in [6.45, 7) is 3.88. The first-order valence-corrected chi connectivity index (χ1v) is 7.39. The van der Waals surface area contributed by atoms with Crippen LogP contribution in [0.3, 0.4) is 0 Å². The first kappa shape index (κ1) is 13.9. The fourth-order valence-electron chi connectivity index (χ4n) is 1.83. The topological polar surface area (TPSA) is 50.2 Å². The average Bonchev–Trinajstić information content (AvgIpc) is 2.46. The number of aliphatic hydroxyl groups is 1. The van der Waals surface area contributed by atoms with Crippen LogP contribution >= 0.6 is 0 Å². The SMILES string of the molecule is CC[C@H](O)c1ccncc1S(=O)c1ccc(C)cc1. The predicted molar refractivity (Wildman–Crippen MR) is 75.3 cm³/mol. The van der Waals surface area contributed by atoms with Gasteiger partial charge in [-0.05, 0) is 31.5 Å². The molecule has 1 N–H and O–H groups in total. The third-order valence-electron chi connectivity index (χ3n) is 3.00. The lowest BCUT2D eigenvalue weighted by Gasteiger charge is -2.13. The molecular formula is C15H17NO2S. The second-order valence-electron chi connectivity index (χ2n) is 4.42. The lowest BCUT2D eigenvalue weighted by atomic mass is 10.1. The Balaban J connectivity index is 2.41. The van der Waals surface area contributed by atoms with Crippen LogP contribution in [0.1, 0.15) is 30.6 Å². The second-order valence-corrected chi connectivity index (χ2v) is 5.87. The summed E-state index contributed by atoms with van der Waals surface area (Å²) in [6.07, 6.45) is 3.17. The van der Waals surface area contributed by atoms with E-state index in [2.05, 4.69) is 4.98 Å². The molecule has 2 rings (SSSR count). The molecule has 1 aromatic carbocycles. The summed E-state index contributed by atoms with van der Waals surface area (Å²) in [4.78, 5) is 5.33. The van der Waals surface area contributed by atoms with E-state index >= 15 is 0 Å². The van der Waals surface area contributed by atoms with Gasteiger partial charge in [0.15, 0.2) is 0 Å². The minimum Gasteiger partial charge on any atom is -0.388 e. The van der Waals surface area contributed by atoms with E-state index < -0.39 is 16.9 Å². The van der Waals surface area contributed by atoms with Crippen molar-refractivity contribution in [1.29, 1.82) is 0 Å². The molecule has 4 heteroatoms. The molecule has 0 amide bonds. The molecule has 0 aliphatic heterocycles. The van der Waals surface area contributed by atoms with E-state index in [0.717, 1.165) is 10.5 Å². The molecule has 0 aliphatic carbocycles. The summed E-state index contributed by atoms with van der Waals surface area (Å²) in [5.41, 5.74) is 1.82. The minimum absolute atomic E-state index is 0.584. The Kier molecular flexibility index (Phi) is 4.45. The highest BCUT2D eigenvalue weighted by atomic mass is 32.2. The number of benzene rings is 1. The van der Waals surface area contributed by atoms with Crippen molar-refractivity contribution in [3.63, 3.8) is 0 Å². The zero-order chi connectivity index (χ0) is 13.8. The predicted octanol–water partition coefficient (Wildman–Crippen LogP) is 3.00. The molecule has 0 saturated carbocycles. The maximum absolute atomic E-state index is 12.6. The molecule has 19 heavy (non-hydrogen) atoms. The third kappa shape index (κ3) is 3.08. The fourth-order valence-corrected chi connectivity index (χ4v) is 3.04. The number of aryl methyl sites for hydroxylation is 1. The van der Waals surface area contributed by atoms with Gasteiger partial charge in [0, 0.05) is 22.9 Å². The van der Waals surface area contributed by atoms with Crippen LogP contribution in [-0.2, 0) is 10.8 Å². The van der Waals surface area contributed by atoms with Gasteiger partial charge in [0.2, 0.25) is 0 Å². The Morgan fingerprint density at radius 1 is 1.26 bits per heavy atom. The molecule has 0 radical (unpaired) electrons. The highest BCUT2D eigenvalue weighted by Crippen LogP contribution is 2.26. The van der Waals surface area contributed by atoms with Crippen LogP contribution in [0.4, 0.5) is 0 Å². The maximum atomic E-state index is 12.6. The number of pyridine rings is 1. The Morgan fingerprint density at radius 3 is 2.58 bits per heavy atom. The van der Waals surface area contributed by atoms with E-state index in [1.54, 1.807) is 18.5 Å². The summed E-state index contributed by atoms with van der Waals surface area (Å²) < 4.78 is 12.6. The molecular weight excluding hydrogens is 258 g/mol. The van der Waals surface area contributed by atoms with E-state index in [9.17, 15) is 9.32 Å². The maximum Gasteiger partial charge on any atom is 0.0869 e. The molecule has 3 nitrogen and oxygen atoms in total. The lowest BCUT2D eigenvalue weighted by Crippen LogP contribution is -2.04. The highest BCUT2D eigenvalue weighted by Gasteiger charge is 2.16. The molecule has 1 aromatic heterocycles. The average molecular weight is 275 g/mol. The number of aromatic nitrogens is 1. The zero-order valence-electron chi connectivity index (χ0n) is 11.0. The molecule has 1 unspecified atom stereocenters. The number of hydrogen-bond acceptors (Lipinski definition) is 3. The van der Waals surface area contributed by atoms with Crippen molar-refractivity contribution in [1.82, 2.24) is 4.98 Å². The van der Waals surface area contributed by atoms with Crippen molar-refractivity contribution in [2.75, 3.05) is 0 Å². The van der Waals surface area contributed by atoms with Crippen LogP contribution in [0, 0.1) is 6.92 Å². The fraction of sp³-hybridized carbons (Fsp3) is 0.267. The van der Waals surface area contributed by atoms with Gasteiger partial charge < -0.3 is 5.11 Å². The summed E-state index contributed by atoms with van der Waals surface area (Å²) >= 11 is 0. The number of hydrogen-bond donors (Lipinski definition) is 1. The third-order valence-corrected chi connectivity index (χ3v) is 4.44. The molecule has 2 atom stereocenters. The van der Waals surface area contributed by atoms with Gasteiger partial charge in [-0.3, -0.25) is 4.98 Å². The largest absolute Gasteiger partial charge is 0.388 e. The van der Waals surface area contributed by atoms with Crippen LogP contribution < -0.4 is 0 Å². The molecule has 2 aromatic rings. The van der Waals surface area contributed by atoms with E-state index in [0.29, 0.717) is 16.9 Å². The lowest BCUT2D eigenvalue weighted by molar-refractivity contribution is 0.170. The number of aliphatic hydroxyl groups excluding tert-OH is 1. The minimum atomic E-state index is -1.31. The Bertz CT molecular complexity index is 581. The summed E-state index contributed by atoms with van der Waals surface area (Å²) in [5.74, 6) is 0. The molecule has 0 bridgehead atoms. The Labute approximate surface area is 115 Å². The Hall–Kier alpha value is -1.52. The van der Waals surface area contributed by atoms with Crippen molar-refractivity contribution < 1.29 is 9.32 Å². The van der Waals surface area contributed by atoms with Gasteiger partial charge >= 0.3 is 0 Å². The summed E-state index contributed by atoms with van der Waals surface area (Å²) in [5, 5.41) is 9.99. The molecule has 100 valence electrons. The van der Waals surface area contributed by atoms with E-state index in [4.69, 9.17) is 0 Å². The smallest absolute Gasteiger partial charge is 0.0869 e. The molecule has 0 aliphatic rings. The van der Waals surface area contributed by atoms with Crippen molar-refractivity contribution >= 4 is 10.8 Å². The molecule has 0 spiro atoms. The van der Waals surface area contributed by atoms with Crippen molar-refractivity contribution in [2.45, 2.75) is 36.2 Å². The van der Waals surface area contributed by atoms with Gasteiger partial charge in [-0.1, -0.05) is 24.6 Å². The first-order chi connectivity index (χ1) is 9.13. The summed E-state index contributed by atoms with van der Waals surface area (Å²) in [6, 6.07) is 9.29. The van der Waals surface area contributed by atoms with Crippen LogP contribution in [0.5, 0.6) is 0 Å². The van der Waals surface area contributed by atoms with Crippen molar-refractivity contribution in [2.24, 2.45) is 0 Å². The Morgan fingerprint density at radius 2 is 1.95 bits per heavy atom. The van der Waals surface area contributed by atoms with Gasteiger partial charge in [-0.25, -0.2) is 4.21 Å². The van der Waals surface area contributed by atoms with E-state index in [1.807, 2.05) is 38.1 Å². The van der Waals surface area contributed by atoms with Crippen molar-refractivity contribution in [3.05, 3.63) is 53.9 Å². The van der Waals surface area contributed by atoms with Crippen LogP contribution in [0.15, 0.2) is 52.5 Å². The number of nitrogens with zero attached hydrogens (tertiary/aromatic N) is 1. The highest BCUT2D eigenvalue weighted by molar-refractivity contribution is 7.85. The van der Waals surface area contributed by atoms with Gasteiger partial charge in [0.25, 0.3) is 0 Å². The number of rotatable bonds is 4. The molecule has 1 heterocycles. The van der Waals surface area contributed by atoms with Gasteiger partial charge in [-0.15, -0.1) is 0 Å². The quantitative estimate of drug-likeness (QED) is 0.933. The summed E-state index contributed by atoms with van der Waals surface area (Å²) in [7, 11) is -1.31. The van der Waals surface area contributed by atoms with Gasteiger partial charge in [0.05, 0.1) is 21.8 Å². The first-order valence-electron chi connectivity index (χ1n) is 6.24. The monoisotopic (exact) mass is 275 g/mol.